The van der Waals surface area contributed by atoms with Crippen LogP contribution < -0.4 is 11.1 Å². The number of likely N-dealkylation sites (tertiary alicyclic amines) is 1. The Kier molecular flexibility index (Phi) is 6.55. The molecule has 6 heteroatoms. The van der Waals surface area contributed by atoms with E-state index in [2.05, 4.69) is 34.6 Å². The summed E-state index contributed by atoms with van der Waals surface area (Å²) in [5.74, 6) is -0.0871. The van der Waals surface area contributed by atoms with Gasteiger partial charge in [0.05, 0.1) is 18.5 Å². The lowest BCUT2D eigenvalue weighted by atomic mass is 9.96. The zero-order valence-electron chi connectivity index (χ0n) is 19.4. The van der Waals surface area contributed by atoms with Gasteiger partial charge in [-0.05, 0) is 59.0 Å². The van der Waals surface area contributed by atoms with Crippen molar-refractivity contribution in [2.45, 2.75) is 31.3 Å². The minimum Gasteiger partial charge on any atom is -0.338 e. The third-order valence-electron chi connectivity index (χ3n) is 6.70. The molecule has 2 atom stereocenters. The topological polar surface area (TPSA) is 88.3 Å². The fourth-order valence-electron chi connectivity index (χ4n) is 4.82. The van der Waals surface area contributed by atoms with Gasteiger partial charge < -0.3 is 16.0 Å². The molecular weight excluding hydrogens is 436 g/mol. The largest absolute Gasteiger partial charge is 0.338 e. The Hall–Kier alpha value is -4.03. The summed E-state index contributed by atoms with van der Waals surface area (Å²) in [5.41, 5.74) is 9.82. The van der Waals surface area contributed by atoms with Crippen LogP contribution in [0.25, 0.3) is 10.8 Å². The van der Waals surface area contributed by atoms with Crippen LogP contribution in [0.2, 0.25) is 0 Å². The van der Waals surface area contributed by atoms with E-state index < -0.39 is 0 Å². The van der Waals surface area contributed by atoms with Crippen LogP contribution in [0, 0.1) is 0 Å². The zero-order chi connectivity index (χ0) is 24.2. The Labute approximate surface area is 204 Å². The molecule has 0 aliphatic carbocycles. The molecule has 6 nitrogen and oxygen atoms in total. The molecule has 0 radical (unpaired) electrons. The Morgan fingerprint density at radius 2 is 1.71 bits per heavy atom. The molecule has 35 heavy (non-hydrogen) atoms. The fraction of sp³-hybridized carbons (Fsp3) is 0.207. The number of aromatic nitrogens is 1. The van der Waals surface area contributed by atoms with Crippen LogP contribution in [0.1, 0.15) is 40.4 Å². The zero-order valence-corrected chi connectivity index (χ0v) is 19.4. The van der Waals surface area contributed by atoms with Crippen molar-refractivity contribution in [1.29, 1.82) is 0 Å². The molecule has 2 unspecified atom stereocenters. The van der Waals surface area contributed by atoms with Gasteiger partial charge in [0.25, 0.3) is 5.91 Å². The summed E-state index contributed by atoms with van der Waals surface area (Å²) in [6.45, 7) is 0.719. The van der Waals surface area contributed by atoms with Crippen molar-refractivity contribution in [3.8, 4) is 0 Å². The summed E-state index contributed by atoms with van der Waals surface area (Å²) < 4.78 is 0. The van der Waals surface area contributed by atoms with E-state index in [0.29, 0.717) is 17.7 Å². The van der Waals surface area contributed by atoms with Gasteiger partial charge in [0.15, 0.2) is 0 Å². The Bertz CT molecular complexity index is 1340. The lowest BCUT2D eigenvalue weighted by Crippen LogP contribution is -2.42. The highest BCUT2D eigenvalue weighted by Gasteiger charge is 2.33. The van der Waals surface area contributed by atoms with Gasteiger partial charge in [0.2, 0.25) is 5.91 Å². The van der Waals surface area contributed by atoms with Gasteiger partial charge in [-0.2, -0.15) is 0 Å². The van der Waals surface area contributed by atoms with Crippen molar-refractivity contribution in [2.24, 2.45) is 5.73 Å². The maximum Gasteiger partial charge on any atom is 0.255 e. The van der Waals surface area contributed by atoms with E-state index >= 15 is 0 Å². The smallest absolute Gasteiger partial charge is 0.255 e. The average Bonchev–Trinajstić information content (AvgIpc) is 3.39. The van der Waals surface area contributed by atoms with E-state index in [-0.39, 0.29) is 23.9 Å². The lowest BCUT2D eigenvalue weighted by Gasteiger charge is -2.30. The molecule has 0 bridgehead atoms. The number of carbonyl (C=O) groups excluding carboxylic acids is 2. The van der Waals surface area contributed by atoms with Crippen LogP contribution in [0.3, 0.4) is 0 Å². The van der Waals surface area contributed by atoms with Crippen molar-refractivity contribution < 1.29 is 9.59 Å². The number of fused-ring (bicyclic) bond motifs is 1. The molecule has 2 amide bonds. The quantitative estimate of drug-likeness (QED) is 0.432. The normalized spacial score (nSPS) is 16.3. The molecule has 3 N–H and O–H groups in total. The number of benzene rings is 3. The van der Waals surface area contributed by atoms with Gasteiger partial charge in [-0.1, -0.05) is 54.6 Å². The molecule has 1 aliphatic heterocycles. The number of nitrogens with one attached hydrogen (secondary N) is 1. The Balaban J connectivity index is 1.25. The summed E-state index contributed by atoms with van der Waals surface area (Å²) in [5, 5.41) is 5.16. The van der Waals surface area contributed by atoms with Gasteiger partial charge in [-0.15, -0.1) is 0 Å². The van der Waals surface area contributed by atoms with Crippen LogP contribution in [-0.2, 0) is 11.2 Å². The number of hydrogen-bond donors (Lipinski definition) is 2. The van der Waals surface area contributed by atoms with Crippen molar-refractivity contribution in [1.82, 2.24) is 9.88 Å². The van der Waals surface area contributed by atoms with Crippen molar-refractivity contribution >= 4 is 28.3 Å². The number of hydrogen-bond acceptors (Lipinski definition) is 4. The second kappa shape index (κ2) is 10.1. The number of rotatable bonds is 6. The Morgan fingerprint density at radius 1 is 0.971 bits per heavy atom. The predicted octanol–water partition coefficient (Wildman–Crippen LogP) is 4.72. The minimum absolute atomic E-state index is 0.0561. The second-order valence-electron chi connectivity index (χ2n) is 8.99. The Morgan fingerprint density at radius 3 is 2.49 bits per heavy atom. The van der Waals surface area contributed by atoms with E-state index in [1.54, 1.807) is 36.7 Å². The summed E-state index contributed by atoms with van der Waals surface area (Å²) in [6, 6.07) is 24.8. The van der Waals surface area contributed by atoms with Crippen molar-refractivity contribution in [2.75, 3.05) is 11.9 Å². The first-order valence-corrected chi connectivity index (χ1v) is 11.9. The molecule has 176 valence electrons. The van der Waals surface area contributed by atoms with Crippen LogP contribution in [0.4, 0.5) is 5.69 Å². The summed E-state index contributed by atoms with van der Waals surface area (Å²) in [7, 11) is 0. The van der Waals surface area contributed by atoms with Crippen molar-refractivity contribution in [3.05, 3.63) is 108 Å². The first kappa shape index (κ1) is 22.7. The SMILES string of the molecule is NC(c1ccc(C(=O)Nc2ccncc2)cc1)C1CCCN1C(=O)Cc1ccc2ccccc2c1. The van der Waals surface area contributed by atoms with Crippen LogP contribution in [-0.4, -0.2) is 34.3 Å². The van der Waals surface area contributed by atoms with E-state index in [1.165, 1.54) is 5.39 Å². The molecule has 0 spiro atoms. The van der Waals surface area contributed by atoms with Gasteiger partial charge in [0, 0.05) is 30.2 Å². The van der Waals surface area contributed by atoms with Crippen LogP contribution >= 0.6 is 0 Å². The third-order valence-corrected chi connectivity index (χ3v) is 6.70. The number of anilines is 1. The van der Waals surface area contributed by atoms with E-state index in [1.807, 2.05) is 35.2 Å². The maximum absolute atomic E-state index is 13.2. The first-order chi connectivity index (χ1) is 17.1. The molecular formula is C29H28N4O2. The van der Waals surface area contributed by atoms with Gasteiger partial charge in [-0.3, -0.25) is 14.6 Å². The highest BCUT2D eigenvalue weighted by molar-refractivity contribution is 6.04. The number of nitrogens with zero attached hydrogens (tertiary/aromatic N) is 2. The summed E-state index contributed by atoms with van der Waals surface area (Å²) in [6.07, 6.45) is 5.43. The molecule has 1 saturated heterocycles. The number of carbonyl (C=O) groups is 2. The first-order valence-electron chi connectivity index (χ1n) is 11.9. The molecule has 2 heterocycles. The fourth-order valence-corrected chi connectivity index (χ4v) is 4.82. The van der Waals surface area contributed by atoms with E-state index in [9.17, 15) is 9.59 Å². The predicted molar refractivity (Wildman–Crippen MR) is 138 cm³/mol. The molecule has 1 fully saturated rings. The van der Waals surface area contributed by atoms with Crippen molar-refractivity contribution in [3.63, 3.8) is 0 Å². The molecule has 4 aromatic rings. The third kappa shape index (κ3) is 5.08. The number of nitrogens with two attached hydrogens (primary N) is 1. The average molecular weight is 465 g/mol. The number of amides is 2. The van der Waals surface area contributed by atoms with Crippen LogP contribution in [0.5, 0.6) is 0 Å². The lowest BCUT2D eigenvalue weighted by molar-refractivity contribution is -0.131. The van der Waals surface area contributed by atoms with E-state index in [0.717, 1.165) is 35.9 Å². The second-order valence-corrected chi connectivity index (χ2v) is 8.99. The van der Waals surface area contributed by atoms with Gasteiger partial charge >= 0.3 is 0 Å². The molecule has 1 aromatic heterocycles. The van der Waals surface area contributed by atoms with Gasteiger partial charge in [0.1, 0.15) is 0 Å². The molecule has 1 aliphatic rings. The van der Waals surface area contributed by atoms with Crippen LogP contribution in [0.15, 0.2) is 91.3 Å². The highest BCUT2D eigenvalue weighted by Crippen LogP contribution is 2.29. The molecule has 5 rings (SSSR count). The minimum atomic E-state index is -0.310. The molecule has 3 aromatic carbocycles. The summed E-state index contributed by atoms with van der Waals surface area (Å²) in [4.78, 5) is 31.6. The van der Waals surface area contributed by atoms with E-state index in [4.69, 9.17) is 5.73 Å². The number of pyridine rings is 1. The van der Waals surface area contributed by atoms with Gasteiger partial charge in [-0.25, -0.2) is 0 Å². The monoisotopic (exact) mass is 464 g/mol. The maximum atomic E-state index is 13.2. The molecule has 0 saturated carbocycles. The standard InChI is InChI=1S/C29H28N4O2/c30-28(22-9-11-23(12-10-22)29(35)32-25-13-15-31-16-14-25)26-6-3-17-33(26)27(34)19-20-7-8-21-4-1-2-5-24(21)18-20/h1-2,4-5,7-16,18,26,28H,3,6,17,19,30H2,(H,31,32,35). The highest BCUT2D eigenvalue weighted by atomic mass is 16.2. The summed E-state index contributed by atoms with van der Waals surface area (Å²) >= 11 is 0.